The summed E-state index contributed by atoms with van der Waals surface area (Å²) >= 11 is 6.30. The number of anilines is 1. The second-order valence-electron chi connectivity index (χ2n) is 7.50. The van der Waals surface area contributed by atoms with Crippen molar-refractivity contribution in [2.75, 3.05) is 4.90 Å². The Morgan fingerprint density at radius 3 is 2.35 bits per heavy atom. The number of thioether (sulfide) groups is 1. The molecule has 0 aliphatic carbocycles. The molecule has 0 radical (unpaired) electrons. The molecule has 1 aliphatic heterocycles. The molecule has 1 amide bonds. The fourth-order valence-corrected chi connectivity index (χ4v) is 5.00. The fourth-order valence-electron chi connectivity index (χ4n) is 3.71. The lowest BCUT2D eigenvalue weighted by molar-refractivity contribution is -0.384. The van der Waals surface area contributed by atoms with E-state index in [0.29, 0.717) is 0 Å². The minimum atomic E-state index is -4.54. The number of rotatable bonds is 4. The first-order chi connectivity index (χ1) is 16.0. The van der Waals surface area contributed by atoms with Crippen LogP contribution in [0.4, 0.5) is 24.5 Å². The zero-order chi connectivity index (χ0) is 24.8. The standard InChI is InChI=1S/C23H16F3N3O3S2/c1-13-10-15(14(2)27(13)17-6-8-18(9-7-17)29(31)32)11-20-21(30)28(22(33)34-20)19-5-3-4-16(12-19)23(24,25)26/h3-12H,1-2H3/b20-11+. The van der Waals surface area contributed by atoms with Crippen LogP contribution >= 0.6 is 24.0 Å². The number of non-ortho nitro benzene ring substituents is 1. The molecule has 0 saturated carbocycles. The molecule has 2 heterocycles. The molecular formula is C23H16F3N3O3S2. The Hall–Kier alpha value is -3.44. The van der Waals surface area contributed by atoms with E-state index in [0.717, 1.165) is 51.4 Å². The number of aromatic nitrogens is 1. The lowest BCUT2D eigenvalue weighted by Crippen LogP contribution is -2.27. The first kappa shape index (κ1) is 23.7. The molecule has 1 fully saturated rings. The van der Waals surface area contributed by atoms with Gasteiger partial charge in [-0.05, 0) is 61.9 Å². The van der Waals surface area contributed by atoms with Crippen molar-refractivity contribution >= 4 is 51.7 Å². The zero-order valence-corrected chi connectivity index (χ0v) is 19.4. The Morgan fingerprint density at radius 1 is 1.06 bits per heavy atom. The van der Waals surface area contributed by atoms with E-state index in [1.807, 2.05) is 24.5 Å². The molecule has 174 valence electrons. The second kappa shape index (κ2) is 8.73. The van der Waals surface area contributed by atoms with Crippen LogP contribution in [0.5, 0.6) is 0 Å². The van der Waals surface area contributed by atoms with Gasteiger partial charge in [0.1, 0.15) is 0 Å². The maximum atomic E-state index is 13.1. The third-order valence-corrected chi connectivity index (χ3v) is 6.60. The number of nitro groups is 1. The van der Waals surface area contributed by atoms with Crippen LogP contribution in [-0.4, -0.2) is 19.7 Å². The molecule has 0 bridgehead atoms. The summed E-state index contributed by atoms with van der Waals surface area (Å²) in [5.74, 6) is -0.505. The predicted octanol–water partition coefficient (Wildman–Crippen LogP) is 6.43. The van der Waals surface area contributed by atoms with Gasteiger partial charge in [-0.1, -0.05) is 30.0 Å². The van der Waals surface area contributed by atoms with E-state index in [1.165, 1.54) is 24.3 Å². The monoisotopic (exact) mass is 503 g/mol. The summed E-state index contributed by atoms with van der Waals surface area (Å²) < 4.78 is 41.4. The number of carbonyl (C=O) groups is 1. The van der Waals surface area contributed by atoms with E-state index in [-0.39, 0.29) is 20.6 Å². The number of hydrogen-bond acceptors (Lipinski definition) is 5. The van der Waals surface area contributed by atoms with Gasteiger partial charge in [0.05, 0.1) is 21.1 Å². The van der Waals surface area contributed by atoms with Crippen LogP contribution in [0.25, 0.3) is 11.8 Å². The molecule has 0 atom stereocenters. The van der Waals surface area contributed by atoms with Gasteiger partial charge in [-0.2, -0.15) is 13.2 Å². The Labute approximate surface area is 201 Å². The van der Waals surface area contributed by atoms with Gasteiger partial charge in [0, 0.05) is 29.2 Å². The van der Waals surface area contributed by atoms with Gasteiger partial charge in [0.2, 0.25) is 0 Å². The first-order valence-corrected chi connectivity index (χ1v) is 11.1. The highest BCUT2D eigenvalue weighted by molar-refractivity contribution is 8.27. The first-order valence-electron chi connectivity index (χ1n) is 9.86. The molecule has 6 nitrogen and oxygen atoms in total. The van der Waals surface area contributed by atoms with Crippen molar-refractivity contribution in [2.24, 2.45) is 0 Å². The normalized spacial score (nSPS) is 15.4. The molecule has 0 N–H and O–H groups in total. The van der Waals surface area contributed by atoms with Gasteiger partial charge < -0.3 is 4.57 Å². The number of aryl methyl sites for hydroxylation is 1. The number of hydrogen-bond donors (Lipinski definition) is 0. The van der Waals surface area contributed by atoms with Gasteiger partial charge in [-0.15, -0.1) is 0 Å². The third kappa shape index (κ3) is 4.36. The zero-order valence-electron chi connectivity index (χ0n) is 17.8. The smallest absolute Gasteiger partial charge is 0.318 e. The Balaban J connectivity index is 1.67. The van der Waals surface area contributed by atoms with Crippen LogP contribution in [0, 0.1) is 24.0 Å². The Kier molecular flexibility index (Phi) is 6.09. The summed E-state index contributed by atoms with van der Waals surface area (Å²) in [5, 5.41) is 10.9. The van der Waals surface area contributed by atoms with Crippen molar-refractivity contribution in [3.05, 3.63) is 92.1 Å². The minimum Gasteiger partial charge on any atom is -0.318 e. The number of alkyl halides is 3. The summed E-state index contributed by atoms with van der Waals surface area (Å²) in [6, 6.07) is 12.4. The van der Waals surface area contributed by atoms with Crippen LogP contribution in [0.15, 0.2) is 59.5 Å². The number of nitrogens with zero attached hydrogens (tertiary/aromatic N) is 3. The van der Waals surface area contributed by atoms with Crippen LogP contribution in [0.1, 0.15) is 22.5 Å². The van der Waals surface area contributed by atoms with Crippen molar-refractivity contribution in [1.82, 2.24) is 4.57 Å². The molecule has 3 aromatic rings. The lowest BCUT2D eigenvalue weighted by atomic mass is 10.1. The van der Waals surface area contributed by atoms with Gasteiger partial charge in [-0.25, -0.2) is 0 Å². The number of thiocarbonyl (C=S) groups is 1. The molecule has 4 rings (SSSR count). The highest BCUT2D eigenvalue weighted by atomic mass is 32.2. The van der Waals surface area contributed by atoms with Crippen molar-refractivity contribution in [1.29, 1.82) is 0 Å². The summed E-state index contributed by atoms with van der Waals surface area (Å²) in [5.41, 5.74) is 2.23. The number of carbonyl (C=O) groups excluding carboxylic acids is 1. The predicted molar refractivity (Wildman–Crippen MR) is 129 cm³/mol. The molecule has 11 heteroatoms. The second-order valence-corrected chi connectivity index (χ2v) is 9.18. The van der Waals surface area contributed by atoms with Crippen LogP contribution in [0.2, 0.25) is 0 Å². The molecule has 2 aromatic carbocycles. The fraction of sp³-hybridized carbons (Fsp3) is 0.130. The quantitative estimate of drug-likeness (QED) is 0.178. The Bertz CT molecular complexity index is 1360. The van der Waals surface area contributed by atoms with E-state index >= 15 is 0 Å². The lowest BCUT2D eigenvalue weighted by Gasteiger charge is -2.16. The molecular weight excluding hydrogens is 487 g/mol. The maximum Gasteiger partial charge on any atom is 0.416 e. The molecule has 1 aliphatic rings. The van der Waals surface area contributed by atoms with Crippen molar-refractivity contribution in [3.63, 3.8) is 0 Å². The number of benzene rings is 2. The SMILES string of the molecule is Cc1cc(/C=C2/SC(=S)N(c3cccc(C(F)(F)F)c3)C2=O)c(C)n1-c1ccc([N+](=O)[O-])cc1. The average molecular weight is 504 g/mol. The maximum absolute atomic E-state index is 13.1. The van der Waals surface area contributed by atoms with Crippen molar-refractivity contribution in [3.8, 4) is 5.69 Å². The number of halogens is 3. The topological polar surface area (TPSA) is 68.4 Å². The van der Waals surface area contributed by atoms with Crippen molar-refractivity contribution < 1.29 is 22.9 Å². The summed E-state index contributed by atoms with van der Waals surface area (Å²) in [4.78, 5) is 24.9. The number of nitro benzene ring substituents is 1. The molecule has 34 heavy (non-hydrogen) atoms. The largest absolute Gasteiger partial charge is 0.416 e. The summed E-state index contributed by atoms with van der Waals surface area (Å²) in [6.45, 7) is 3.70. The van der Waals surface area contributed by atoms with E-state index in [2.05, 4.69) is 0 Å². The minimum absolute atomic E-state index is 0.0234. The summed E-state index contributed by atoms with van der Waals surface area (Å²) in [6.07, 6.45) is -2.89. The highest BCUT2D eigenvalue weighted by Gasteiger charge is 2.36. The molecule has 0 unspecified atom stereocenters. The van der Waals surface area contributed by atoms with Crippen LogP contribution in [0.3, 0.4) is 0 Å². The van der Waals surface area contributed by atoms with Gasteiger partial charge >= 0.3 is 6.18 Å². The Morgan fingerprint density at radius 2 is 1.74 bits per heavy atom. The van der Waals surface area contributed by atoms with Gasteiger partial charge in [-0.3, -0.25) is 19.8 Å². The van der Waals surface area contributed by atoms with E-state index in [4.69, 9.17) is 12.2 Å². The average Bonchev–Trinajstić information content (AvgIpc) is 3.21. The summed E-state index contributed by atoms with van der Waals surface area (Å²) in [7, 11) is 0. The van der Waals surface area contributed by atoms with E-state index in [9.17, 15) is 28.1 Å². The van der Waals surface area contributed by atoms with Gasteiger partial charge in [0.25, 0.3) is 11.6 Å². The van der Waals surface area contributed by atoms with Crippen LogP contribution in [-0.2, 0) is 11.0 Å². The van der Waals surface area contributed by atoms with Gasteiger partial charge in [0.15, 0.2) is 4.32 Å². The van der Waals surface area contributed by atoms with Crippen molar-refractivity contribution in [2.45, 2.75) is 20.0 Å². The van der Waals surface area contributed by atoms with E-state index < -0.39 is 22.6 Å². The third-order valence-electron chi connectivity index (χ3n) is 5.30. The number of amides is 1. The van der Waals surface area contributed by atoms with E-state index in [1.54, 1.807) is 18.2 Å². The molecule has 0 spiro atoms. The van der Waals surface area contributed by atoms with Crippen LogP contribution < -0.4 is 4.90 Å². The molecule has 1 saturated heterocycles. The highest BCUT2D eigenvalue weighted by Crippen LogP contribution is 2.39. The molecule has 1 aromatic heterocycles.